The van der Waals surface area contributed by atoms with Gasteiger partial charge in [-0.05, 0) is 13.0 Å². The first-order valence-electron chi connectivity index (χ1n) is 5.59. The highest BCUT2D eigenvalue weighted by Gasteiger charge is 2.23. The van der Waals surface area contributed by atoms with Crippen LogP contribution in [0, 0.1) is 11.6 Å². The van der Waals surface area contributed by atoms with Crippen molar-refractivity contribution in [2.75, 3.05) is 18.5 Å². The number of hydrogen-bond acceptors (Lipinski definition) is 5. The molecule has 2 aromatic rings. The van der Waals surface area contributed by atoms with E-state index in [1.54, 1.807) is 6.92 Å². The van der Waals surface area contributed by atoms with Gasteiger partial charge in [0.25, 0.3) is 0 Å². The van der Waals surface area contributed by atoms with Crippen molar-refractivity contribution in [2.45, 2.75) is 12.5 Å². The van der Waals surface area contributed by atoms with Gasteiger partial charge in [0.1, 0.15) is 12.1 Å². The summed E-state index contributed by atoms with van der Waals surface area (Å²) in [5.74, 6) is -1.79. The second-order valence-corrected chi connectivity index (χ2v) is 4.51. The molecule has 0 radical (unpaired) electrons. The Labute approximate surface area is 107 Å². The predicted molar refractivity (Wildman–Crippen MR) is 65.7 cm³/mol. The van der Waals surface area contributed by atoms with Crippen LogP contribution in [-0.2, 0) is 0 Å². The standard InChI is InChI=1S/C12H13F2N3O2/c1-12(4-18,5-19)17-11-7-2-8(13)9(14)3-10(7)15-6-16-11/h2-3,6,18-19H,4-5H2,1H3,(H,15,16,17). The van der Waals surface area contributed by atoms with Crippen molar-refractivity contribution in [3.05, 3.63) is 30.1 Å². The number of aliphatic hydroxyl groups is 2. The zero-order valence-corrected chi connectivity index (χ0v) is 10.2. The van der Waals surface area contributed by atoms with E-state index in [1.165, 1.54) is 6.33 Å². The average molecular weight is 269 g/mol. The number of aliphatic hydroxyl groups excluding tert-OH is 2. The Balaban J connectivity index is 2.52. The van der Waals surface area contributed by atoms with Crippen molar-refractivity contribution in [3.8, 4) is 0 Å². The molecule has 0 saturated heterocycles. The van der Waals surface area contributed by atoms with Gasteiger partial charge in [0, 0.05) is 11.5 Å². The molecule has 0 aliphatic rings. The molecule has 0 aliphatic carbocycles. The van der Waals surface area contributed by atoms with Crippen LogP contribution in [0.3, 0.4) is 0 Å². The van der Waals surface area contributed by atoms with Crippen molar-refractivity contribution in [3.63, 3.8) is 0 Å². The maximum Gasteiger partial charge on any atom is 0.161 e. The van der Waals surface area contributed by atoms with Gasteiger partial charge >= 0.3 is 0 Å². The van der Waals surface area contributed by atoms with Crippen LogP contribution in [0.5, 0.6) is 0 Å². The lowest BCUT2D eigenvalue weighted by molar-refractivity contribution is 0.147. The monoisotopic (exact) mass is 269 g/mol. The lowest BCUT2D eigenvalue weighted by Crippen LogP contribution is -2.42. The second-order valence-electron chi connectivity index (χ2n) is 4.51. The van der Waals surface area contributed by atoms with E-state index in [4.69, 9.17) is 0 Å². The Morgan fingerprint density at radius 3 is 2.42 bits per heavy atom. The molecular formula is C12H13F2N3O2. The van der Waals surface area contributed by atoms with E-state index < -0.39 is 17.2 Å². The minimum Gasteiger partial charge on any atom is -0.394 e. The predicted octanol–water partition coefficient (Wildman–Crippen LogP) is 1.06. The molecule has 0 saturated carbocycles. The van der Waals surface area contributed by atoms with E-state index in [9.17, 15) is 19.0 Å². The summed E-state index contributed by atoms with van der Waals surface area (Å²) in [5, 5.41) is 21.5. The Kier molecular flexibility index (Phi) is 3.59. The van der Waals surface area contributed by atoms with Gasteiger partial charge in [-0.1, -0.05) is 0 Å². The summed E-state index contributed by atoms with van der Waals surface area (Å²) in [6.45, 7) is 0.873. The van der Waals surface area contributed by atoms with Crippen LogP contribution in [0.4, 0.5) is 14.6 Å². The molecule has 0 atom stereocenters. The molecule has 1 aromatic heterocycles. The van der Waals surface area contributed by atoms with E-state index in [0.29, 0.717) is 0 Å². The molecule has 0 amide bonds. The second kappa shape index (κ2) is 5.02. The molecule has 1 aromatic carbocycles. The van der Waals surface area contributed by atoms with Crippen molar-refractivity contribution in [1.29, 1.82) is 0 Å². The molecule has 0 bridgehead atoms. The third-order valence-corrected chi connectivity index (χ3v) is 2.80. The Hall–Kier alpha value is -1.86. The molecule has 2 rings (SSSR count). The number of nitrogens with one attached hydrogen (secondary N) is 1. The van der Waals surface area contributed by atoms with Gasteiger partial charge in [-0.2, -0.15) is 0 Å². The third-order valence-electron chi connectivity index (χ3n) is 2.80. The number of hydrogen-bond donors (Lipinski definition) is 3. The molecular weight excluding hydrogens is 256 g/mol. The topological polar surface area (TPSA) is 78.3 Å². The van der Waals surface area contributed by atoms with Crippen LogP contribution in [-0.4, -0.2) is 38.9 Å². The first kappa shape index (κ1) is 13.6. The molecule has 0 unspecified atom stereocenters. The lowest BCUT2D eigenvalue weighted by Gasteiger charge is -2.27. The minimum absolute atomic E-state index is 0.217. The number of fused-ring (bicyclic) bond motifs is 1. The van der Waals surface area contributed by atoms with Crippen LogP contribution in [0.15, 0.2) is 18.5 Å². The summed E-state index contributed by atoms with van der Waals surface area (Å²) in [5.41, 5.74) is -0.791. The van der Waals surface area contributed by atoms with Crippen molar-refractivity contribution < 1.29 is 19.0 Å². The summed E-state index contributed by atoms with van der Waals surface area (Å²) in [6.07, 6.45) is 1.19. The highest BCUT2D eigenvalue weighted by Crippen LogP contribution is 2.24. The zero-order chi connectivity index (χ0) is 14.0. The maximum absolute atomic E-state index is 13.3. The van der Waals surface area contributed by atoms with Gasteiger partial charge in [-0.15, -0.1) is 0 Å². The Bertz CT molecular complexity index is 603. The molecule has 0 aliphatic heterocycles. The number of benzene rings is 1. The van der Waals surface area contributed by atoms with Crippen LogP contribution in [0.2, 0.25) is 0 Å². The van der Waals surface area contributed by atoms with Crippen LogP contribution in [0.1, 0.15) is 6.92 Å². The van der Waals surface area contributed by atoms with Crippen molar-refractivity contribution in [1.82, 2.24) is 9.97 Å². The van der Waals surface area contributed by atoms with Gasteiger partial charge in [0.05, 0.1) is 24.3 Å². The van der Waals surface area contributed by atoms with E-state index >= 15 is 0 Å². The Morgan fingerprint density at radius 2 is 1.79 bits per heavy atom. The molecule has 102 valence electrons. The number of anilines is 1. The summed E-state index contributed by atoms with van der Waals surface area (Å²) < 4.78 is 26.4. The van der Waals surface area contributed by atoms with Gasteiger partial charge in [0.15, 0.2) is 11.6 Å². The fourth-order valence-corrected chi connectivity index (χ4v) is 1.57. The molecule has 5 nitrogen and oxygen atoms in total. The summed E-state index contributed by atoms with van der Waals surface area (Å²) in [6, 6.07) is 1.94. The number of aromatic nitrogens is 2. The highest BCUT2D eigenvalue weighted by atomic mass is 19.2. The van der Waals surface area contributed by atoms with Gasteiger partial charge in [0.2, 0.25) is 0 Å². The lowest BCUT2D eigenvalue weighted by atomic mass is 10.1. The van der Waals surface area contributed by atoms with E-state index in [2.05, 4.69) is 15.3 Å². The largest absolute Gasteiger partial charge is 0.394 e. The molecule has 0 spiro atoms. The fraction of sp³-hybridized carbons (Fsp3) is 0.333. The summed E-state index contributed by atoms with van der Waals surface area (Å²) >= 11 is 0. The quantitative estimate of drug-likeness (QED) is 0.773. The van der Waals surface area contributed by atoms with Crippen LogP contribution in [0.25, 0.3) is 10.9 Å². The average Bonchev–Trinajstić information content (AvgIpc) is 2.41. The number of halogens is 2. The normalized spacial score (nSPS) is 11.8. The van der Waals surface area contributed by atoms with E-state index in [0.717, 1.165) is 12.1 Å². The van der Waals surface area contributed by atoms with Gasteiger partial charge in [-0.3, -0.25) is 0 Å². The number of nitrogens with zero attached hydrogens (tertiary/aromatic N) is 2. The van der Waals surface area contributed by atoms with Crippen LogP contribution < -0.4 is 5.32 Å². The van der Waals surface area contributed by atoms with Gasteiger partial charge in [-0.25, -0.2) is 18.7 Å². The minimum atomic E-state index is -1.02. The first-order chi connectivity index (χ1) is 8.99. The summed E-state index contributed by atoms with van der Waals surface area (Å²) in [4.78, 5) is 7.77. The van der Waals surface area contributed by atoms with Crippen molar-refractivity contribution >= 4 is 16.7 Å². The number of rotatable bonds is 4. The van der Waals surface area contributed by atoms with Crippen LogP contribution >= 0.6 is 0 Å². The first-order valence-corrected chi connectivity index (χ1v) is 5.59. The SMILES string of the molecule is CC(CO)(CO)Nc1ncnc2cc(F)c(F)cc12. The molecule has 0 fully saturated rings. The van der Waals surface area contributed by atoms with Crippen molar-refractivity contribution in [2.24, 2.45) is 0 Å². The highest BCUT2D eigenvalue weighted by molar-refractivity contribution is 5.89. The van der Waals surface area contributed by atoms with Gasteiger partial charge < -0.3 is 15.5 Å². The maximum atomic E-state index is 13.3. The summed E-state index contributed by atoms with van der Waals surface area (Å²) in [7, 11) is 0. The van der Waals surface area contributed by atoms with E-state index in [1.807, 2.05) is 0 Å². The Morgan fingerprint density at radius 1 is 1.16 bits per heavy atom. The third kappa shape index (κ3) is 2.61. The van der Waals surface area contributed by atoms with E-state index in [-0.39, 0.29) is 29.9 Å². The molecule has 3 N–H and O–H groups in total. The smallest absolute Gasteiger partial charge is 0.161 e. The fourth-order valence-electron chi connectivity index (χ4n) is 1.57. The molecule has 1 heterocycles. The molecule has 19 heavy (non-hydrogen) atoms. The zero-order valence-electron chi connectivity index (χ0n) is 10.2. The molecule has 7 heteroatoms.